The van der Waals surface area contributed by atoms with Gasteiger partial charge in [0.15, 0.2) is 5.96 Å². The molecule has 0 unspecified atom stereocenters. The minimum Gasteiger partial charge on any atom is -0.357 e. The molecule has 1 aromatic heterocycles. The zero-order valence-electron chi connectivity index (χ0n) is 12.2. The zero-order valence-corrected chi connectivity index (χ0v) is 14.5. The summed E-state index contributed by atoms with van der Waals surface area (Å²) >= 11 is 0. The van der Waals surface area contributed by atoms with E-state index in [4.69, 9.17) is 0 Å². The number of nitrogens with zero attached hydrogens (tertiary/aromatic N) is 3. The number of alkyl halides is 2. The normalized spacial score (nSPS) is 12.2. The van der Waals surface area contributed by atoms with Crippen molar-refractivity contribution in [2.75, 3.05) is 6.54 Å². The molecular weight excluding hydrogens is 379 g/mol. The molecule has 0 aromatic carbocycles. The van der Waals surface area contributed by atoms with Crippen molar-refractivity contribution in [2.45, 2.75) is 46.3 Å². The Kier molecular flexibility index (Phi) is 7.99. The number of guanidine groups is 1. The van der Waals surface area contributed by atoms with Crippen molar-refractivity contribution < 1.29 is 8.78 Å². The van der Waals surface area contributed by atoms with E-state index in [0.717, 1.165) is 4.57 Å². The molecule has 20 heavy (non-hydrogen) atoms. The van der Waals surface area contributed by atoms with Gasteiger partial charge in [-0.1, -0.05) is 0 Å². The maximum Gasteiger partial charge on any atom is 0.319 e. The van der Waals surface area contributed by atoms with Crippen LogP contribution in [0.5, 0.6) is 0 Å². The lowest BCUT2D eigenvalue weighted by molar-refractivity contribution is 0.0671. The van der Waals surface area contributed by atoms with Crippen LogP contribution in [-0.4, -0.2) is 27.6 Å². The van der Waals surface area contributed by atoms with E-state index in [1.165, 1.54) is 12.4 Å². The summed E-state index contributed by atoms with van der Waals surface area (Å²) in [5, 5.41) is 6.25. The van der Waals surface area contributed by atoms with Crippen molar-refractivity contribution >= 4 is 29.9 Å². The summed E-state index contributed by atoms with van der Waals surface area (Å²) in [5.41, 5.74) is -0.154. The smallest absolute Gasteiger partial charge is 0.319 e. The molecule has 0 fully saturated rings. The van der Waals surface area contributed by atoms with Crippen LogP contribution in [0.3, 0.4) is 0 Å². The fourth-order valence-corrected chi connectivity index (χ4v) is 1.46. The summed E-state index contributed by atoms with van der Waals surface area (Å²) < 4.78 is 26.1. The van der Waals surface area contributed by atoms with Crippen LogP contribution >= 0.6 is 24.0 Å². The fourth-order valence-electron chi connectivity index (χ4n) is 1.46. The second-order valence-electron chi connectivity index (χ2n) is 5.10. The van der Waals surface area contributed by atoms with E-state index in [-0.39, 0.29) is 41.9 Å². The maximum atomic E-state index is 12.6. The molecule has 1 aromatic rings. The van der Waals surface area contributed by atoms with Crippen LogP contribution in [0.15, 0.2) is 17.4 Å². The Hall–Kier alpha value is -0.930. The lowest BCUT2D eigenvalue weighted by atomic mass is 10.1. The van der Waals surface area contributed by atoms with Gasteiger partial charge in [0.2, 0.25) is 0 Å². The molecule has 116 valence electrons. The molecule has 1 heterocycles. The molecule has 0 saturated carbocycles. The molecule has 0 spiro atoms. The molecule has 0 amide bonds. The molecule has 0 aliphatic carbocycles. The topological polar surface area (TPSA) is 54.2 Å². The van der Waals surface area contributed by atoms with Crippen molar-refractivity contribution in [2.24, 2.45) is 4.99 Å². The van der Waals surface area contributed by atoms with Crippen LogP contribution in [0.4, 0.5) is 8.78 Å². The van der Waals surface area contributed by atoms with Crippen LogP contribution in [0.1, 0.15) is 40.1 Å². The Morgan fingerprint density at radius 2 is 2.10 bits per heavy atom. The average molecular weight is 401 g/mol. The van der Waals surface area contributed by atoms with Crippen LogP contribution in [0.2, 0.25) is 0 Å². The third-order valence-corrected chi connectivity index (χ3v) is 2.18. The highest BCUT2D eigenvalue weighted by Crippen LogP contribution is 2.12. The number of imidazole rings is 1. The number of aliphatic imine (C=N–C) groups is 1. The number of aromatic nitrogens is 2. The van der Waals surface area contributed by atoms with Gasteiger partial charge in [-0.3, -0.25) is 4.57 Å². The molecule has 0 atom stereocenters. The highest BCUT2D eigenvalue weighted by Gasteiger charge is 2.13. The van der Waals surface area contributed by atoms with Gasteiger partial charge in [0.25, 0.3) is 0 Å². The first kappa shape index (κ1) is 19.1. The highest BCUT2D eigenvalue weighted by molar-refractivity contribution is 14.0. The molecular formula is C12H22F2IN5. The second kappa shape index (κ2) is 8.38. The number of nitrogens with one attached hydrogen (secondary N) is 2. The standard InChI is InChI=1S/C12H21F2N5.HI/c1-5-15-11(18-12(2,3)4)17-8-9-16-6-7-19(9)10(13)14;/h6-7,10H,5,8H2,1-4H3,(H2,15,17,18);1H. The third kappa shape index (κ3) is 6.49. The minimum atomic E-state index is -2.59. The summed E-state index contributed by atoms with van der Waals surface area (Å²) in [6.07, 6.45) is 2.60. The van der Waals surface area contributed by atoms with Crippen LogP contribution in [-0.2, 0) is 6.54 Å². The Morgan fingerprint density at radius 1 is 1.45 bits per heavy atom. The van der Waals surface area contributed by atoms with Crippen molar-refractivity contribution in [1.29, 1.82) is 0 Å². The summed E-state index contributed by atoms with van der Waals surface area (Å²) in [6, 6.07) is 0. The van der Waals surface area contributed by atoms with E-state index in [9.17, 15) is 8.78 Å². The number of halogens is 3. The van der Waals surface area contributed by atoms with Gasteiger partial charge in [-0.25, -0.2) is 9.98 Å². The quantitative estimate of drug-likeness (QED) is 0.464. The molecule has 2 N–H and O–H groups in total. The minimum absolute atomic E-state index is 0. The van der Waals surface area contributed by atoms with E-state index in [1.807, 2.05) is 27.7 Å². The number of rotatable bonds is 4. The monoisotopic (exact) mass is 401 g/mol. The molecule has 0 aliphatic rings. The first-order chi connectivity index (χ1) is 8.83. The lowest BCUT2D eigenvalue weighted by Gasteiger charge is -2.23. The van der Waals surface area contributed by atoms with Gasteiger partial charge < -0.3 is 10.6 Å². The SMILES string of the molecule is CCNC(=NCc1nccn1C(F)F)NC(C)(C)C.I. The van der Waals surface area contributed by atoms with E-state index in [0.29, 0.717) is 12.5 Å². The Labute approximate surface area is 135 Å². The van der Waals surface area contributed by atoms with Gasteiger partial charge in [-0.2, -0.15) is 8.78 Å². The summed E-state index contributed by atoms with van der Waals surface area (Å²) in [5.74, 6) is 0.819. The van der Waals surface area contributed by atoms with Crippen molar-refractivity contribution in [3.8, 4) is 0 Å². The largest absolute Gasteiger partial charge is 0.357 e. The molecule has 5 nitrogen and oxygen atoms in total. The first-order valence-electron chi connectivity index (χ1n) is 6.20. The second-order valence-corrected chi connectivity index (χ2v) is 5.10. The van der Waals surface area contributed by atoms with Gasteiger partial charge >= 0.3 is 6.55 Å². The molecule has 0 aliphatic heterocycles. The van der Waals surface area contributed by atoms with E-state index < -0.39 is 6.55 Å². The Morgan fingerprint density at radius 3 is 2.60 bits per heavy atom. The predicted molar refractivity (Wildman–Crippen MR) is 86.6 cm³/mol. The summed E-state index contributed by atoms with van der Waals surface area (Å²) in [7, 11) is 0. The molecule has 0 bridgehead atoms. The van der Waals surface area contributed by atoms with Crippen LogP contribution in [0, 0.1) is 0 Å². The van der Waals surface area contributed by atoms with Crippen molar-refractivity contribution in [3.63, 3.8) is 0 Å². The lowest BCUT2D eigenvalue weighted by Crippen LogP contribution is -2.47. The van der Waals surface area contributed by atoms with Crippen molar-refractivity contribution in [3.05, 3.63) is 18.2 Å². The Balaban J connectivity index is 0.00000361. The first-order valence-corrected chi connectivity index (χ1v) is 6.20. The van der Waals surface area contributed by atoms with E-state index in [1.54, 1.807) is 0 Å². The third-order valence-electron chi connectivity index (χ3n) is 2.18. The summed E-state index contributed by atoms with van der Waals surface area (Å²) in [6.45, 7) is 6.15. The van der Waals surface area contributed by atoms with Crippen LogP contribution in [0.25, 0.3) is 0 Å². The number of hydrogen-bond donors (Lipinski definition) is 2. The highest BCUT2D eigenvalue weighted by atomic mass is 127. The van der Waals surface area contributed by atoms with Gasteiger partial charge in [-0.05, 0) is 27.7 Å². The Bertz CT molecular complexity index is 426. The molecule has 1 rings (SSSR count). The fraction of sp³-hybridized carbons (Fsp3) is 0.667. The molecule has 8 heteroatoms. The van der Waals surface area contributed by atoms with Gasteiger partial charge in [0.1, 0.15) is 12.4 Å². The van der Waals surface area contributed by atoms with E-state index in [2.05, 4.69) is 20.6 Å². The van der Waals surface area contributed by atoms with Gasteiger partial charge in [0.05, 0.1) is 0 Å². The number of hydrogen-bond acceptors (Lipinski definition) is 2. The summed E-state index contributed by atoms with van der Waals surface area (Å²) in [4.78, 5) is 8.15. The van der Waals surface area contributed by atoms with E-state index >= 15 is 0 Å². The maximum absolute atomic E-state index is 12.6. The molecule has 0 radical (unpaired) electrons. The van der Waals surface area contributed by atoms with Crippen LogP contribution < -0.4 is 10.6 Å². The average Bonchev–Trinajstić information content (AvgIpc) is 2.72. The van der Waals surface area contributed by atoms with Gasteiger partial charge in [-0.15, -0.1) is 24.0 Å². The predicted octanol–water partition coefficient (Wildman–Crippen LogP) is 2.75. The van der Waals surface area contributed by atoms with Crippen molar-refractivity contribution in [1.82, 2.24) is 20.2 Å². The zero-order chi connectivity index (χ0) is 14.5. The van der Waals surface area contributed by atoms with Gasteiger partial charge in [0, 0.05) is 24.5 Å². The molecule has 0 saturated heterocycles.